The summed E-state index contributed by atoms with van der Waals surface area (Å²) in [4.78, 5) is 29.8. The fourth-order valence-corrected chi connectivity index (χ4v) is 2.80. The summed E-state index contributed by atoms with van der Waals surface area (Å²) < 4.78 is 41.6. The first kappa shape index (κ1) is 23.2. The van der Waals surface area contributed by atoms with Crippen LogP contribution in [-0.2, 0) is 11.3 Å². The lowest BCUT2D eigenvalue weighted by atomic mass is 10.1. The molecule has 13 heteroatoms. The van der Waals surface area contributed by atoms with Gasteiger partial charge in [-0.2, -0.15) is 4.98 Å². The number of hydrogen-bond donors (Lipinski definition) is 3. The van der Waals surface area contributed by atoms with Gasteiger partial charge in [-0.15, -0.1) is 13.2 Å². The van der Waals surface area contributed by atoms with Crippen molar-refractivity contribution in [1.82, 2.24) is 9.97 Å². The van der Waals surface area contributed by atoms with Crippen molar-refractivity contribution in [3.05, 3.63) is 70.3 Å². The SMILES string of the molecule is O=C(O)CNc1nc(NCc2ccccc2[N+](=O)[O-])cc(-c2cccc(OC(F)(F)F)c2)n1. The number of ether oxygens (including phenoxy) is 1. The Bertz CT molecular complexity index is 1170. The molecular weight excluding hydrogens is 447 g/mol. The van der Waals surface area contributed by atoms with Crippen molar-refractivity contribution in [2.45, 2.75) is 12.9 Å². The first-order valence-electron chi connectivity index (χ1n) is 9.28. The molecule has 0 amide bonds. The molecule has 0 spiro atoms. The number of carboxylic acids is 1. The Morgan fingerprint density at radius 1 is 1.09 bits per heavy atom. The van der Waals surface area contributed by atoms with Crippen LogP contribution in [0.3, 0.4) is 0 Å². The number of alkyl halides is 3. The monoisotopic (exact) mass is 463 g/mol. The van der Waals surface area contributed by atoms with Crippen LogP contribution < -0.4 is 15.4 Å². The van der Waals surface area contributed by atoms with Gasteiger partial charge < -0.3 is 20.5 Å². The average molecular weight is 463 g/mol. The zero-order valence-electron chi connectivity index (χ0n) is 16.7. The summed E-state index contributed by atoms with van der Waals surface area (Å²) in [7, 11) is 0. The van der Waals surface area contributed by atoms with Crippen LogP contribution in [0, 0.1) is 10.1 Å². The van der Waals surface area contributed by atoms with Gasteiger partial charge >= 0.3 is 12.3 Å². The molecule has 1 aromatic heterocycles. The molecule has 0 fully saturated rings. The molecule has 0 aliphatic carbocycles. The van der Waals surface area contributed by atoms with Crippen LogP contribution >= 0.6 is 0 Å². The molecule has 0 radical (unpaired) electrons. The number of nitro benzene ring substituents is 1. The maximum Gasteiger partial charge on any atom is 0.573 e. The minimum atomic E-state index is -4.88. The molecular formula is C20H16F3N5O5. The number of halogens is 3. The Morgan fingerprint density at radius 3 is 2.55 bits per heavy atom. The number of anilines is 2. The van der Waals surface area contributed by atoms with Gasteiger partial charge in [0.15, 0.2) is 0 Å². The predicted molar refractivity (Wildman–Crippen MR) is 111 cm³/mol. The summed E-state index contributed by atoms with van der Waals surface area (Å²) in [6.07, 6.45) is -4.88. The smallest absolute Gasteiger partial charge is 0.480 e. The second-order valence-electron chi connectivity index (χ2n) is 6.52. The largest absolute Gasteiger partial charge is 0.573 e. The topological polar surface area (TPSA) is 140 Å². The molecule has 0 saturated heterocycles. The number of nitrogens with zero attached hydrogens (tertiary/aromatic N) is 3. The highest BCUT2D eigenvalue weighted by Crippen LogP contribution is 2.29. The lowest BCUT2D eigenvalue weighted by Crippen LogP contribution is -2.17. The van der Waals surface area contributed by atoms with E-state index in [-0.39, 0.29) is 35.3 Å². The molecule has 0 atom stereocenters. The highest BCUT2D eigenvalue weighted by molar-refractivity contribution is 5.72. The zero-order valence-corrected chi connectivity index (χ0v) is 16.7. The van der Waals surface area contributed by atoms with Crippen molar-refractivity contribution < 1.29 is 32.7 Å². The van der Waals surface area contributed by atoms with E-state index < -0.39 is 29.5 Å². The number of aliphatic carboxylic acids is 1. The lowest BCUT2D eigenvalue weighted by Gasteiger charge is -2.12. The van der Waals surface area contributed by atoms with Crippen molar-refractivity contribution in [2.24, 2.45) is 0 Å². The Balaban J connectivity index is 1.92. The number of aromatic nitrogens is 2. The van der Waals surface area contributed by atoms with E-state index >= 15 is 0 Å². The van der Waals surface area contributed by atoms with E-state index in [4.69, 9.17) is 5.11 Å². The number of benzene rings is 2. The molecule has 172 valence electrons. The number of hydrogen-bond acceptors (Lipinski definition) is 8. The van der Waals surface area contributed by atoms with Gasteiger partial charge in [0, 0.05) is 29.8 Å². The van der Waals surface area contributed by atoms with Crippen LogP contribution in [0.4, 0.5) is 30.6 Å². The van der Waals surface area contributed by atoms with Crippen LogP contribution in [0.1, 0.15) is 5.56 Å². The third-order valence-corrected chi connectivity index (χ3v) is 4.14. The minimum absolute atomic E-state index is 0.00318. The van der Waals surface area contributed by atoms with Crippen molar-refractivity contribution in [3.63, 3.8) is 0 Å². The minimum Gasteiger partial charge on any atom is -0.480 e. The van der Waals surface area contributed by atoms with Gasteiger partial charge in [0.25, 0.3) is 5.69 Å². The fraction of sp³-hybridized carbons (Fsp3) is 0.150. The molecule has 2 aromatic carbocycles. The second kappa shape index (κ2) is 9.80. The molecule has 0 saturated carbocycles. The van der Waals surface area contributed by atoms with E-state index in [1.165, 1.54) is 30.3 Å². The Kier molecular flexibility index (Phi) is 6.91. The maximum atomic E-state index is 12.6. The van der Waals surface area contributed by atoms with Gasteiger partial charge in [0.05, 0.1) is 10.6 Å². The number of para-hydroxylation sites is 1. The van der Waals surface area contributed by atoms with E-state index in [0.29, 0.717) is 5.56 Å². The summed E-state index contributed by atoms with van der Waals surface area (Å²) in [6.45, 7) is -0.506. The third-order valence-electron chi connectivity index (χ3n) is 4.14. The van der Waals surface area contributed by atoms with Crippen LogP contribution in [0.2, 0.25) is 0 Å². The lowest BCUT2D eigenvalue weighted by molar-refractivity contribution is -0.385. The predicted octanol–water partition coefficient (Wildman–Crippen LogP) is 4.06. The molecule has 3 N–H and O–H groups in total. The molecule has 0 aliphatic rings. The third kappa shape index (κ3) is 6.78. The van der Waals surface area contributed by atoms with Crippen LogP contribution in [-0.4, -0.2) is 38.9 Å². The number of nitro groups is 1. The standard InChI is InChI=1S/C20H16F3N5O5/c21-20(22,23)33-14-6-3-5-12(8-14)15-9-17(27-19(26-15)25-11-18(29)30)24-10-13-4-1-2-7-16(13)28(31)32/h1-9H,10-11H2,(H,29,30)(H2,24,25,26,27). The van der Waals surface area contributed by atoms with Crippen LogP contribution in [0.15, 0.2) is 54.6 Å². The molecule has 0 aliphatic heterocycles. The zero-order chi connectivity index (χ0) is 24.0. The molecule has 0 unspecified atom stereocenters. The molecule has 3 aromatic rings. The number of carbonyl (C=O) groups is 1. The van der Waals surface area contributed by atoms with Gasteiger partial charge in [-0.1, -0.05) is 30.3 Å². The average Bonchev–Trinajstić information content (AvgIpc) is 2.75. The number of nitrogens with one attached hydrogen (secondary N) is 2. The van der Waals surface area contributed by atoms with Crippen molar-refractivity contribution in [3.8, 4) is 17.0 Å². The second-order valence-corrected chi connectivity index (χ2v) is 6.52. The first-order valence-corrected chi connectivity index (χ1v) is 9.28. The normalized spacial score (nSPS) is 11.0. The van der Waals surface area contributed by atoms with Crippen molar-refractivity contribution in [2.75, 3.05) is 17.2 Å². The van der Waals surface area contributed by atoms with Gasteiger partial charge in [-0.05, 0) is 12.1 Å². The molecule has 0 bridgehead atoms. The number of carboxylic acid groups (broad SMARTS) is 1. The maximum absolute atomic E-state index is 12.6. The van der Waals surface area contributed by atoms with Crippen molar-refractivity contribution >= 4 is 23.4 Å². The highest BCUT2D eigenvalue weighted by atomic mass is 19.4. The summed E-state index contributed by atoms with van der Waals surface area (Å²) in [5, 5.41) is 25.5. The fourth-order valence-electron chi connectivity index (χ4n) is 2.80. The van der Waals surface area contributed by atoms with E-state index in [9.17, 15) is 28.1 Å². The molecule has 1 heterocycles. The van der Waals surface area contributed by atoms with Gasteiger partial charge in [0.2, 0.25) is 5.95 Å². The van der Waals surface area contributed by atoms with Crippen molar-refractivity contribution in [1.29, 1.82) is 0 Å². The first-order chi connectivity index (χ1) is 15.6. The molecule has 33 heavy (non-hydrogen) atoms. The number of rotatable bonds is 9. The van der Waals surface area contributed by atoms with E-state index in [2.05, 4.69) is 25.3 Å². The van der Waals surface area contributed by atoms with Crippen LogP contribution in [0.5, 0.6) is 5.75 Å². The summed E-state index contributed by atoms with van der Waals surface area (Å²) in [5.41, 5.74) is 0.658. The Hall–Kier alpha value is -4.42. The van der Waals surface area contributed by atoms with E-state index in [0.717, 1.165) is 12.1 Å². The van der Waals surface area contributed by atoms with Crippen LogP contribution in [0.25, 0.3) is 11.3 Å². The van der Waals surface area contributed by atoms with Gasteiger partial charge in [-0.3, -0.25) is 14.9 Å². The van der Waals surface area contributed by atoms with Gasteiger partial charge in [-0.25, -0.2) is 4.98 Å². The molecule has 3 rings (SSSR count). The Morgan fingerprint density at radius 2 is 1.85 bits per heavy atom. The van der Waals surface area contributed by atoms with E-state index in [1.54, 1.807) is 12.1 Å². The summed E-state index contributed by atoms with van der Waals surface area (Å²) in [6, 6.07) is 12.5. The highest BCUT2D eigenvalue weighted by Gasteiger charge is 2.31. The quantitative estimate of drug-likeness (QED) is 0.317. The van der Waals surface area contributed by atoms with E-state index in [1.807, 2.05) is 0 Å². The van der Waals surface area contributed by atoms with Gasteiger partial charge in [0.1, 0.15) is 18.1 Å². The Labute approximate surface area is 184 Å². The summed E-state index contributed by atoms with van der Waals surface area (Å²) in [5.74, 6) is -1.60. The molecule has 10 nitrogen and oxygen atoms in total. The summed E-state index contributed by atoms with van der Waals surface area (Å²) >= 11 is 0.